The molecule has 0 unspecified atom stereocenters. The lowest BCUT2D eigenvalue weighted by Gasteiger charge is -2.12. The van der Waals surface area contributed by atoms with Gasteiger partial charge in [-0.25, -0.2) is 0 Å². The van der Waals surface area contributed by atoms with Crippen LogP contribution in [-0.2, 0) is 6.61 Å². The number of hydrogen-bond donors (Lipinski definition) is 1. The second kappa shape index (κ2) is 8.42. The highest BCUT2D eigenvalue weighted by atomic mass is 35.5. The molecule has 1 amide bonds. The fourth-order valence-electron chi connectivity index (χ4n) is 2.46. The molecule has 0 aliphatic rings. The molecule has 0 saturated heterocycles. The van der Waals surface area contributed by atoms with Crippen LogP contribution in [0.25, 0.3) is 0 Å². The number of methoxy groups -OCH3 is 1. The van der Waals surface area contributed by atoms with Gasteiger partial charge in [-0.3, -0.25) is 9.59 Å². The molecule has 0 bridgehead atoms. The minimum atomic E-state index is -0.563. The highest BCUT2D eigenvalue weighted by molar-refractivity contribution is 6.30. The molecule has 138 valence electrons. The Kier molecular flexibility index (Phi) is 5.78. The monoisotopic (exact) mass is 384 g/mol. The van der Waals surface area contributed by atoms with Crippen LogP contribution in [0.3, 0.4) is 0 Å². The average Bonchev–Trinajstić information content (AvgIpc) is 2.67. The molecule has 3 rings (SSSR count). The van der Waals surface area contributed by atoms with Gasteiger partial charge in [-0.15, -0.1) is 0 Å². The zero-order valence-corrected chi connectivity index (χ0v) is 15.3. The van der Waals surface area contributed by atoms with E-state index < -0.39 is 11.5 Å². The maximum Gasteiger partial charge on any atom is 0.295 e. The number of nitrogens with zero attached hydrogens (tertiary/aromatic N) is 1. The molecule has 0 aliphatic carbocycles. The summed E-state index contributed by atoms with van der Waals surface area (Å²) in [7, 11) is 1.50. The molecule has 2 aromatic carbocycles. The molecule has 0 aliphatic heterocycles. The number of ether oxygens (including phenoxy) is 1. The van der Waals surface area contributed by atoms with E-state index >= 15 is 0 Å². The summed E-state index contributed by atoms with van der Waals surface area (Å²) in [5.41, 5.74) is 0.666. The fraction of sp³-hybridized carbons (Fsp3) is 0.100. The summed E-state index contributed by atoms with van der Waals surface area (Å²) in [5, 5.41) is 3.25. The van der Waals surface area contributed by atoms with Crippen molar-refractivity contribution in [3.05, 3.63) is 93.4 Å². The smallest absolute Gasteiger partial charge is 0.295 e. The van der Waals surface area contributed by atoms with Gasteiger partial charge in [0, 0.05) is 11.2 Å². The molecule has 6 nitrogen and oxygen atoms in total. The number of nitrogens with one attached hydrogen (secondary N) is 1. The number of pyridine rings is 1. The van der Waals surface area contributed by atoms with E-state index in [1.807, 2.05) is 6.07 Å². The van der Waals surface area contributed by atoms with Gasteiger partial charge >= 0.3 is 0 Å². The van der Waals surface area contributed by atoms with Gasteiger partial charge < -0.3 is 14.9 Å². The van der Waals surface area contributed by atoms with Crippen molar-refractivity contribution < 1.29 is 14.4 Å². The molecular weight excluding hydrogens is 368 g/mol. The highest BCUT2D eigenvalue weighted by Crippen LogP contribution is 2.23. The maximum absolute atomic E-state index is 12.6. The van der Waals surface area contributed by atoms with Gasteiger partial charge in [0.2, 0.25) is 0 Å². The zero-order chi connectivity index (χ0) is 19.2. The second-order valence-corrected chi connectivity index (χ2v) is 6.05. The Morgan fingerprint density at radius 1 is 1.11 bits per heavy atom. The first kappa shape index (κ1) is 18.5. The summed E-state index contributed by atoms with van der Waals surface area (Å²) in [6.07, 6.45) is 1.45. The number of anilines is 1. The van der Waals surface area contributed by atoms with E-state index in [0.29, 0.717) is 16.5 Å². The lowest BCUT2D eigenvalue weighted by atomic mass is 10.2. The summed E-state index contributed by atoms with van der Waals surface area (Å²) >= 11 is 5.94. The molecular formula is C20H17ClN2O4. The topological polar surface area (TPSA) is 69.6 Å². The number of para-hydroxylation sites is 2. The van der Waals surface area contributed by atoms with Gasteiger partial charge in [0.15, 0.2) is 0 Å². The highest BCUT2D eigenvalue weighted by Gasteiger charge is 2.15. The fourth-order valence-corrected chi connectivity index (χ4v) is 2.67. The average molecular weight is 385 g/mol. The molecule has 27 heavy (non-hydrogen) atoms. The third-order valence-electron chi connectivity index (χ3n) is 3.77. The van der Waals surface area contributed by atoms with Crippen LogP contribution in [0, 0.1) is 0 Å². The summed E-state index contributed by atoms with van der Waals surface area (Å²) in [5.74, 6) is -0.0514. The van der Waals surface area contributed by atoms with E-state index in [-0.39, 0.29) is 12.2 Å². The first-order chi connectivity index (χ1) is 13.1. The molecule has 1 N–H and O–H groups in total. The Bertz CT molecular complexity index is 1020. The van der Waals surface area contributed by atoms with Gasteiger partial charge in [0.25, 0.3) is 11.5 Å². The minimum Gasteiger partial charge on any atom is -0.495 e. The number of benzene rings is 2. The third-order valence-corrected chi connectivity index (χ3v) is 4.01. The number of carbonyl (C=O) groups excluding carboxylic acids is 1. The van der Waals surface area contributed by atoms with Crippen molar-refractivity contribution in [3.8, 4) is 5.75 Å². The van der Waals surface area contributed by atoms with Crippen LogP contribution in [0.15, 0.2) is 71.7 Å². The van der Waals surface area contributed by atoms with Crippen molar-refractivity contribution in [1.82, 2.24) is 4.73 Å². The van der Waals surface area contributed by atoms with Crippen LogP contribution in [0.1, 0.15) is 15.9 Å². The lowest BCUT2D eigenvalue weighted by Crippen LogP contribution is -2.32. The van der Waals surface area contributed by atoms with Gasteiger partial charge in [-0.1, -0.05) is 35.9 Å². The van der Waals surface area contributed by atoms with Crippen molar-refractivity contribution in [3.63, 3.8) is 0 Å². The Labute approximate surface area is 160 Å². The van der Waals surface area contributed by atoms with Crippen LogP contribution in [0.2, 0.25) is 5.02 Å². The molecule has 0 spiro atoms. The Hall–Kier alpha value is -3.25. The maximum atomic E-state index is 12.6. The van der Waals surface area contributed by atoms with Gasteiger partial charge in [-0.05, 0) is 42.0 Å². The van der Waals surface area contributed by atoms with Crippen molar-refractivity contribution in [2.75, 3.05) is 12.4 Å². The normalized spacial score (nSPS) is 10.3. The Morgan fingerprint density at radius 3 is 2.70 bits per heavy atom. The second-order valence-electron chi connectivity index (χ2n) is 5.61. The summed E-state index contributed by atoms with van der Waals surface area (Å²) in [6.45, 7) is 0.137. The molecule has 0 saturated carbocycles. The molecule has 1 heterocycles. The van der Waals surface area contributed by atoms with Crippen LogP contribution in [0.4, 0.5) is 5.69 Å². The van der Waals surface area contributed by atoms with E-state index in [1.54, 1.807) is 48.5 Å². The predicted molar refractivity (Wildman–Crippen MR) is 103 cm³/mol. The van der Waals surface area contributed by atoms with Crippen molar-refractivity contribution in [1.29, 1.82) is 0 Å². The number of hydrogen-bond acceptors (Lipinski definition) is 4. The van der Waals surface area contributed by atoms with E-state index in [4.69, 9.17) is 21.2 Å². The predicted octanol–water partition coefficient (Wildman–Crippen LogP) is 3.39. The molecule has 0 atom stereocenters. The SMILES string of the molecule is COc1ccccc1NC(=O)c1cccn(OCc2cccc(Cl)c2)c1=O. The molecule has 0 fully saturated rings. The van der Waals surface area contributed by atoms with Gasteiger partial charge in [0.05, 0.1) is 12.8 Å². The Morgan fingerprint density at radius 2 is 1.93 bits per heavy atom. The van der Waals surface area contributed by atoms with Crippen LogP contribution >= 0.6 is 11.6 Å². The largest absolute Gasteiger partial charge is 0.495 e. The van der Waals surface area contributed by atoms with Crippen molar-refractivity contribution in [2.45, 2.75) is 6.61 Å². The van der Waals surface area contributed by atoms with E-state index in [0.717, 1.165) is 10.3 Å². The van der Waals surface area contributed by atoms with Gasteiger partial charge in [0.1, 0.15) is 17.9 Å². The van der Waals surface area contributed by atoms with Crippen molar-refractivity contribution >= 4 is 23.2 Å². The number of halogens is 1. The molecule has 1 aromatic heterocycles. The number of aromatic nitrogens is 1. The summed E-state index contributed by atoms with van der Waals surface area (Å²) in [4.78, 5) is 30.6. The van der Waals surface area contributed by atoms with Crippen molar-refractivity contribution in [2.24, 2.45) is 0 Å². The standard InChI is InChI=1S/C20H17ClN2O4/c1-26-18-10-3-2-9-17(18)22-19(24)16-8-5-11-23(20(16)25)27-13-14-6-4-7-15(21)12-14/h2-12H,13H2,1H3,(H,22,24). The third kappa shape index (κ3) is 4.48. The number of carbonyl (C=O) groups is 1. The molecule has 3 aromatic rings. The molecule has 7 heteroatoms. The molecule has 0 radical (unpaired) electrons. The first-order valence-electron chi connectivity index (χ1n) is 8.12. The van der Waals surface area contributed by atoms with E-state index in [1.165, 1.54) is 19.4 Å². The minimum absolute atomic E-state index is 0.0468. The number of amides is 1. The lowest BCUT2D eigenvalue weighted by molar-refractivity contribution is 0.0863. The quantitative estimate of drug-likeness (QED) is 0.707. The van der Waals surface area contributed by atoms with E-state index in [2.05, 4.69) is 5.32 Å². The summed E-state index contributed by atoms with van der Waals surface area (Å²) in [6, 6.07) is 17.1. The van der Waals surface area contributed by atoms with Crippen LogP contribution in [-0.4, -0.2) is 17.7 Å². The van der Waals surface area contributed by atoms with Gasteiger partial charge in [-0.2, -0.15) is 4.73 Å². The zero-order valence-electron chi connectivity index (χ0n) is 14.5. The van der Waals surface area contributed by atoms with Crippen LogP contribution < -0.4 is 20.5 Å². The first-order valence-corrected chi connectivity index (χ1v) is 8.50. The van der Waals surface area contributed by atoms with Crippen LogP contribution in [0.5, 0.6) is 5.75 Å². The summed E-state index contributed by atoms with van der Waals surface area (Å²) < 4.78 is 6.23. The van der Waals surface area contributed by atoms with E-state index in [9.17, 15) is 9.59 Å². The Balaban J connectivity index is 1.78. The number of rotatable bonds is 6.